The molecule has 1 aliphatic carbocycles. The molecule has 1 aromatic carbocycles. The summed E-state index contributed by atoms with van der Waals surface area (Å²) in [4.78, 5) is 0. The zero-order valence-corrected chi connectivity index (χ0v) is 19.8. The van der Waals surface area contributed by atoms with Crippen molar-refractivity contribution in [3.63, 3.8) is 0 Å². The summed E-state index contributed by atoms with van der Waals surface area (Å²) in [5.41, 5.74) is 1.85. The highest BCUT2D eigenvalue weighted by atomic mass is 19.2. The molecule has 1 aliphatic rings. The van der Waals surface area contributed by atoms with E-state index in [1.807, 2.05) is 19.9 Å². The quantitative estimate of drug-likeness (QED) is 0.247. The van der Waals surface area contributed by atoms with Crippen molar-refractivity contribution >= 4 is 5.57 Å². The molecule has 0 saturated heterocycles. The minimum atomic E-state index is -0.950. The van der Waals surface area contributed by atoms with E-state index in [0.717, 1.165) is 31.3 Å². The molecule has 32 heavy (non-hydrogen) atoms. The maximum absolute atomic E-state index is 14.7. The smallest absolute Gasteiger partial charge is 0.166 e. The largest absolute Gasteiger partial charge is 0.203 e. The number of halogens is 4. The SMILES string of the molecule is C=C(C)/C(F)=C(/F)C(=C)C(C)CCC(C)CCc1ccc(C2=CCC(C)CC2)c(F)c1F. The highest BCUT2D eigenvalue weighted by Gasteiger charge is 2.20. The molecular weight excluding hydrogens is 412 g/mol. The van der Waals surface area contributed by atoms with Crippen LogP contribution in [0.2, 0.25) is 0 Å². The van der Waals surface area contributed by atoms with Gasteiger partial charge in [0.15, 0.2) is 23.3 Å². The summed E-state index contributed by atoms with van der Waals surface area (Å²) in [7, 11) is 0. The second kappa shape index (κ2) is 11.7. The van der Waals surface area contributed by atoms with Gasteiger partial charge in [-0.3, -0.25) is 0 Å². The highest BCUT2D eigenvalue weighted by molar-refractivity contribution is 5.67. The lowest BCUT2D eigenvalue weighted by Crippen LogP contribution is -2.07. The molecule has 0 N–H and O–H groups in total. The summed E-state index contributed by atoms with van der Waals surface area (Å²) in [6, 6.07) is 3.40. The molecule has 0 spiro atoms. The van der Waals surface area contributed by atoms with Crippen molar-refractivity contribution in [2.75, 3.05) is 0 Å². The fourth-order valence-electron chi connectivity index (χ4n) is 4.04. The molecule has 0 aliphatic heterocycles. The summed E-state index contributed by atoms with van der Waals surface area (Å²) in [5.74, 6) is -2.78. The van der Waals surface area contributed by atoms with E-state index in [1.165, 1.54) is 6.92 Å². The van der Waals surface area contributed by atoms with Gasteiger partial charge in [-0.25, -0.2) is 17.6 Å². The average molecular weight is 449 g/mol. The van der Waals surface area contributed by atoms with E-state index in [9.17, 15) is 17.6 Å². The number of allylic oxidation sites excluding steroid dienone is 6. The molecule has 0 fully saturated rings. The van der Waals surface area contributed by atoms with Crippen molar-refractivity contribution in [1.29, 1.82) is 0 Å². The fourth-order valence-corrected chi connectivity index (χ4v) is 4.04. The van der Waals surface area contributed by atoms with Crippen molar-refractivity contribution in [2.24, 2.45) is 17.8 Å². The number of benzene rings is 1. The molecule has 0 bridgehead atoms. The van der Waals surface area contributed by atoms with Gasteiger partial charge in [-0.15, -0.1) is 0 Å². The number of hydrogen-bond donors (Lipinski definition) is 0. The van der Waals surface area contributed by atoms with Crippen LogP contribution in [-0.4, -0.2) is 0 Å². The second-order valence-corrected chi connectivity index (χ2v) is 9.56. The number of aryl methyl sites for hydroxylation is 1. The van der Waals surface area contributed by atoms with Crippen molar-refractivity contribution in [3.05, 3.63) is 76.9 Å². The second-order valence-electron chi connectivity index (χ2n) is 9.56. The Bertz CT molecular complexity index is 906. The highest BCUT2D eigenvalue weighted by Crippen LogP contribution is 2.33. The maximum Gasteiger partial charge on any atom is 0.166 e. The normalized spacial score (nSPS) is 19.1. The fraction of sp³-hybridized carbons (Fsp3) is 0.500. The summed E-state index contributed by atoms with van der Waals surface area (Å²) in [6.45, 7) is 14.5. The Morgan fingerprint density at radius 1 is 1.03 bits per heavy atom. The number of hydrogen-bond acceptors (Lipinski definition) is 0. The van der Waals surface area contributed by atoms with Crippen molar-refractivity contribution in [2.45, 2.75) is 72.6 Å². The van der Waals surface area contributed by atoms with Crippen LogP contribution in [0.5, 0.6) is 0 Å². The van der Waals surface area contributed by atoms with E-state index >= 15 is 0 Å². The average Bonchev–Trinajstić information content (AvgIpc) is 2.77. The van der Waals surface area contributed by atoms with Crippen LogP contribution < -0.4 is 0 Å². The third-order valence-corrected chi connectivity index (χ3v) is 6.62. The van der Waals surface area contributed by atoms with E-state index in [1.54, 1.807) is 12.1 Å². The van der Waals surface area contributed by atoms with Crippen molar-refractivity contribution < 1.29 is 17.6 Å². The third-order valence-electron chi connectivity index (χ3n) is 6.62. The molecule has 176 valence electrons. The first kappa shape index (κ1) is 26.2. The molecule has 4 heteroatoms. The topological polar surface area (TPSA) is 0 Å². The third kappa shape index (κ3) is 6.70. The Morgan fingerprint density at radius 2 is 1.72 bits per heavy atom. The molecule has 1 aromatic rings. The van der Waals surface area contributed by atoms with Crippen LogP contribution >= 0.6 is 0 Å². The predicted molar refractivity (Wildman–Crippen MR) is 126 cm³/mol. The van der Waals surface area contributed by atoms with Gasteiger partial charge in [0.2, 0.25) is 0 Å². The van der Waals surface area contributed by atoms with Gasteiger partial charge in [0.1, 0.15) is 0 Å². The van der Waals surface area contributed by atoms with E-state index < -0.39 is 23.3 Å². The first-order valence-corrected chi connectivity index (χ1v) is 11.6. The lowest BCUT2D eigenvalue weighted by atomic mass is 9.86. The molecule has 3 atom stereocenters. The Kier molecular flexibility index (Phi) is 9.54. The first-order chi connectivity index (χ1) is 15.0. The van der Waals surface area contributed by atoms with E-state index in [4.69, 9.17) is 0 Å². The molecule has 0 amide bonds. The number of rotatable bonds is 10. The summed E-state index contributed by atoms with van der Waals surface area (Å²) in [5, 5.41) is 0. The van der Waals surface area contributed by atoms with Gasteiger partial charge in [0.05, 0.1) is 0 Å². The Balaban J connectivity index is 1.92. The van der Waals surface area contributed by atoms with Gasteiger partial charge in [-0.2, -0.15) is 0 Å². The van der Waals surface area contributed by atoms with Crippen molar-refractivity contribution in [1.82, 2.24) is 0 Å². The summed E-state index contributed by atoms with van der Waals surface area (Å²) < 4.78 is 57.3. The van der Waals surface area contributed by atoms with Crippen LogP contribution in [0.3, 0.4) is 0 Å². The monoisotopic (exact) mass is 448 g/mol. The zero-order chi connectivity index (χ0) is 24.0. The molecule has 2 rings (SSSR count). The van der Waals surface area contributed by atoms with Gasteiger partial charge >= 0.3 is 0 Å². The Morgan fingerprint density at radius 3 is 2.31 bits per heavy atom. The summed E-state index contributed by atoms with van der Waals surface area (Å²) in [6.07, 6.45) is 7.24. The van der Waals surface area contributed by atoms with Crippen LogP contribution in [-0.2, 0) is 6.42 Å². The Labute approximate surface area is 190 Å². The van der Waals surface area contributed by atoms with E-state index in [-0.39, 0.29) is 23.0 Å². The lowest BCUT2D eigenvalue weighted by Gasteiger charge is -2.20. The summed E-state index contributed by atoms with van der Waals surface area (Å²) >= 11 is 0. The Hall–Kier alpha value is -2.10. The predicted octanol–water partition coefficient (Wildman–Crippen LogP) is 9.44. The molecular formula is C28H36F4. The van der Waals surface area contributed by atoms with E-state index in [2.05, 4.69) is 20.1 Å². The van der Waals surface area contributed by atoms with Crippen LogP contribution in [0.25, 0.3) is 5.57 Å². The van der Waals surface area contributed by atoms with Crippen LogP contribution in [0.4, 0.5) is 17.6 Å². The van der Waals surface area contributed by atoms with E-state index in [0.29, 0.717) is 36.3 Å². The molecule has 0 nitrogen and oxygen atoms in total. The van der Waals surface area contributed by atoms with Gasteiger partial charge in [0.25, 0.3) is 0 Å². The zero-order valence-electron chi connectivity index (χ0n) is 19.8. The van der Waals surface area contributed by atoms with Crippen LogP contribution in [0, 0.1) is 29.4 Å². The molecule has 0 heterocycles. The van der Waals surface area contributed by atoms with Crippen LogP contribution in [0.15, 0.2) is 54.2 Å². The first-order valence-electron chi connectivity index (χ1n) is 11.6. The van der Waals surface area contributed by atoms with Gasteiger partial charge in [0, 0.05) is 5.56 Å². The lowest BCUT2D eigenvalue weighted by molar-refractivity contribution is 0.423. The van der Waals surface area contributed by atoms with Gasteiger partial charge < -0.3 is 0 Å². The minimum Gasteiger partial charge on any atom is -0.203 e. The van der Waals surface area contributed by atoms with Crippen molar-refractivity contribution in [3.8, 4) is 0 Å². The van der Waals surface area contributed by atoms with Gasteiger partial charge in [-0.1, -0.05) is 58.6 Å². The molecule has 3 unspecified atom stereocenters. The molecule has 0 aromatic heterocycles. The maximum atomic E-state index is 14.7. The van der Waals surface area contributed by atoms with Gasteiger partial charge in [-0.05, 0) is 85.5 Å². The van der Waals surface area contributed by atoms with Crippen LogP contribution in [0.1, 0.15) is 77.3 Å². The molecule has 0 saturated carbocycles. The molecule has 0 radical (unpaired) electrons. The minimum absolute atomic E-state index is 0.0406. The standard InChI is InChI=1S/C28H36F4/c1-17(2)25(29)26(30)21(6)20(5)11-7-18(3)10-14-23-15-16-24(28(32)27(23)31)22-12-8-19(4)9-13-22/h12,15-16,18-20H,1,6-11,13-14H2,2-5H3/b26-25-.